The average Bonchev–Trinajstić information content (AvgIpc) is 2.89. The molecule has 0 N–H and O–H groups in total. The van der Waals surface area contributed by atoms with Gasteiger partial charge >= 0.3 is 0 Å². The molecule has 5 heteroatoms. The van der Waals surface area contributed by atoms with E-state index in [9.17, 15) is 10.1 Å². The summed E-state index contributed by atoms with van der Waals surface area (Å²) in [4.78, 5) is 13.6. The molecule has 0 aliphatic carbocycles. The molecular formula is C31H37NO2SSi. The lowest BCUT2D eigenvalue weighted by Crippen LogP contribution is -2.66. The van der Waals surface area contributed by atoms with E-state index in [0.29, 0.717) is 32.3 Å². The zero-order chi connectivity index (χ0) is 26.1. The van der Waals surface area contributed by atoms with E-state index in [1.807, 2.05) is 49.4 Å². The summed E-state index contributed by atoms with van der Waals surface area (Å²) in [5.41, 5.74) is -0.585. The molecule has 1 atom stereocenters. The highest BCUT2D eigenvalue weighted by atomic mass is 32.2. The van der Waals surface area contributed by atoms with Gasteiger partial charge in [-0.1, -0.05) is 118 Å². The first-order valence-corrected chi connectivity index (χ1v) is 15.4. The standard InChI is InChI=1S/C31H37NO2SSi/c1-5-31(25-32,22-21-29(33)35-26-15-9-6-10-16-26)23-24-34-36(30(2,3)4,27-17-11-7-12-18-27)28-19-13-8-14-20-28/h6-20H,5,21-24H2,1-4H3. The van der Waals surface area contributed by atoms with Crippen LogP contribution in [-0.2, 0) is 9.22 Å². The zero-order valence-corrected chi connectivity index (χ0v) is 23.7. The van der Waals surface area contributed by atoms with Crippen LogP contribution < -0.4 is 10.4 Å². The van der Waals surface area contributed by atoms with Crippen LogP contribution in [0.25, 0.3) is 0 Å². The van der Waals surface area contributed by atoms with Crippen LogP contribution in [0.2, 0.25) is 5.04 Å². The van der Waals surface area contributed by atoms with Gasteiger partial charge in [-0.15, -0.1) is 0 Å². The Morgan fingerprint density at radius 3 is 1.81 bits per heavy atom. The van der Waals surface area contributed by atoms with Gasteiger partial charge < -0.3 is 4.43 Å². The van der Waals surface area contributed by atoms with E-state index >= 15 is 0 Å². The Labute approximate surface area is 222 Å². The molecule has 3 aromatic carbocycles. The second-order valence-corrected chi connectivity index (χ2v) is 15.7. The number of benzene rings is 3. The molecule has 0 aliphatic rings. The fourth-order valence-corrected chi connectivity index (χ4v) is 10.2. The molecule has 0 aromatic heterocycles. The van der Waals surface area contributed by atoms with Crippen LogP contribution in [0.15, 0.2) is 95.9 Å². The minimum atomic E-state index is -2.65. The van der Waals surface area contributed by atoms with E-state index < -0.39 is 13.7 Å². The van der Waals surface area contributed by atoms with Crippen molar-refractivity contribution in [2.45, 2.75) is 63.3 Å². The average molecular weight is 516 g/mol. The molecule has 0 heterocycles. The number of carbonyl (C=O) groups is 1. The highest BCUT2D eigenvalue weighted by molar-refractivity contribution is 8.13. The second kappa shape index (κ2) is 12.5. The molecule has 1 unspecified atom stereocenters. The maximum Gasteiger partial charge on any atom is 0.261 e. The van der Waals surface area contributed by atoms with E-state index in [0.717, 1.165) is 4.90 Å². The Balaban J connectivity index is 1.79. The lowest BCUT2D eigenvalue weighted by Gasteiger charge is -2.43. The van der Waals surface area contributed by atoms with Crippen LogP contribution in [0.5, 0.6) is 0 Å². The Kier molecular flexibility index (Phi) is 9.73. The number of thioether (sulfide) groups is 1. The Bertz CT molecular complexity index is 1100. The predicted octanol–water partition coefficient (Wildman–Crippen LogP) is 6.97. The molecule has 188 valence electrons. The van der Waals surface area contributed by atoms with Crippen molar-refractivity contribution in [1.82, 2.24) is 0 Å². The maximum absolute atomic E-state index is 12.7. The fraction of sp³-hybridized carbons (Fsp3) is 0.355. The third kappa shape index (κ3) is 6.56. The van der Waals surface area contributed by atoms with Gasteiger partial charge in [-0.05, 0) is 46.8 Å². The lowest BCUT2D eigenvalue weighted by molar-refractivity contribution is -0.111. The van der Waals surface area contributed by atoms with Crippen LogP contribution in [0.4, 0.5) is 0 Å². The Morgan fingerprint density at radius 2 is 1.36 bits per heavy atom. The summed E-state index contributed by atoms with van der Waals surface area (Å²) in [6, 6.07) is 33.4. The van der Waals surface area contributed by atoms with Gasteiger partial charge in [0, 0.05) is 17.9 Å². The summed E-state index contributed by atoms with van der Waals surface area (Å²) in [5.74, 6) is 0. The van der Waals surface area contributed by atoms with Crippen molar-refractivity contribution in [3.8, 4) is 6.07 Å². The minimum Gasteiger partial charge on any atom is -0.407 e. The van der Waals surface area contributed by atoms with Gasteiger partial charge in [-0.25, -0.2) is 0 Å². The van der Waals surface area contributed by atoms with Crippen molar-refractivity contribution in [1.29, 1.82) is 5.26 Å². The van der Waals surface area contributed by atoms with E-state index in [-0.39, 0.29) is 10.2 Å². The van der Waals surface area contributed by atoms with Crippen molar-refractivity contribution in [3.63, 3.8) is 0 Å². The maximum atomic E-state index is 12.7. The summed E-state index contributed by atoms with van der Waals surface area (Å²) in [5, 5.41) is 12.6. The molecular weight excluding hydrogens is 478 g/mol. The molecule has 0 amide bonds. The van der Waals surface area contributed by atoms with Gasteiger partial charge in [0.15, 0.2) is 5.12 Å². The summed E-state index contributed by atoms with van der Waals surface area (Å²) >= 11 is 1.26. The van der Waals surface area contributed by atoms with Crippen molar-refractivity contribution in [2.24, 2.45) is 5.41 Å². The monoisotopic (exact) mass is 515 g/mol. The summed E-state index contributed by atoms with van der Waals surface area (Å²) < 4.78 is 7.03. The first kappa shape index (κ1) is 27.9. The molecule has 0 saturated carbocycles. The quantitative estimate of drug-likeness (QED) is 0.204. The topological polar surface area (TPSA) is 50.1 Å². The molecule has 3 aromatic rings. The van der Waals surface area contributed by atoms with Crippen molar-refractivity contribution < 1.29 is 9.22 Å². The first-order valence-electron chi connectivity index (χ1n) is 12.7. The first-order chi connectivity index (χ1) is 17.3. The molecule has 0 spiro atoms. The highest BCUT2D eigenvalue weighted by Crippen LogP contribution is 2.39. The number of nitrogens with zero attached hydrogens (tertiary/aromatic N) is 1. The zero-order valence-electron chi connectivity index (χ0n) is 21.9. The van der Waals surface area contributed by atoms with Gasteiger partial charge in [-0.3, -0.25) is 4.79 Å². The summed E-state index contributed by atoms with van der Waals surface area (Å²) in [6.07, 6.45) is 2.22. The van der Waals surface area contributed by atoms with Crippen LogP contribution in [0.1, 0.15) is 53.4 Å². The van der Waals surface area contributed by atoms with E-state index in [1.54, 1.807) is 0 Å². The van der Waals surface area contributed by atoms with E-state index in [2.05, 4.69) is 75.4 Å². The lowest BCUT2D eigenvalue weighted by atomic mass is 9.79. The van der Waals surface area contributed by atoms with Crippen LogP contribution >= 0.6 is 11.8 Å². The minimum absolute atomic E-state index is 0.0992. The van der Waals surface area contributed by atoms with Crippen LogP contribution in [-0.4, -0.2) is 20.0 Å². The predicted molar refractivity (Wildman–Crippen MR) is 153 cm³/mol. The van der Waals surface area contributed by atoms with Crippen molar-refractivity contribution >= 4 is 35.6 Å². The van der Waals surface area contributed by atoms with Crippen LogP contribution in [0, 0.1) is 16.7 Å². The largest absolute Gasteiger partial charge is 0.407 e. The third-order valence-electron chi connectivity index (χ3n) is 7.01. The number of hydrogen-bond donors (Lipinski definition) is 0. The highest BCUT2D eigenvalue weighted by Gasteiger charge is 2.50. The molecule has 0 aliphatic heterocycles. The van der Waals surface area contributed by atoms with Gasteiger partial charge in [0.2, 0.25) is 0 Å². The normalized spacial score (nSPS) is 13.5. The molecule has 0 bridgehead atoms. The smallest absolute Gasteiger partial charge is 0.261 e. The summed E-state index contributed by atoms with van der Waals surface area (Å²) in [7, 11) is -2.65. The number of nitriles is 1. The van der Waals surface area contributed by atoms with Crippen LogP contribution in [0.3, 0.4) is 0 Å². The van der Waals surface area contributed by atoms with Gasteiger partial charge in [0.1, 0.15) is 0 Å². The van der Waals surface area contributed by atoms with E-state index in [4.69, 9.17) is 4.43 Å². The van der Waals surface area contributed by atoms with Gasteiger partial charge in [-0.2, -0.15) is 5.26 Å². The Morgan fingerprint density at radius 1 is 0.861 bits per heavy atom. The SMILES string of the molecule is CCC(C#N)(CCO[Si](c1ccccc1)(c1ccccc1)C(C)(C)C)CCC(=O)Sc1ccccc1. The summed E-state index contributed by atoms with van der Waals surface area (Å²) in [6.45, 7) is 9.30. The molecule has 0 radical (unpaired) electrons. The van der Waals surface area contributed by atoms with E-state index in [1.165, 1.54) is 22.1 Å². The molecule has 3 rings (SSSR count). The third-order valence-corrected chi connectivity index (χ3v) is 13.0. The number of carbonyl (C=O) groups excluding carboxylic acids is 1. The van der Waals surface area contributed by atoms with Crippen molar-refractivity contribution in [3.05, 3.63) is 91.0 Å². The molecule has 0 fully saturated rings. The number of hydrogen-bond acceptors (Lipinski definition) is 4. The van der Waals surface area contributed by atoms with Crippen molar-refractivity contribution in [2.75, 3.05) is 6.61 Å². The van der Waals surface area contributed by atoms with Gasteiger partial charge in [0.05, 0.1) is 11.5 Å². The fourth-order valence-electron chi connectivity index (χ4n) is 4.84. The van der Waals surface area contributed by atoms with Gasteiger partial charge in [0.25, 0.3) is 8.32 Å². The second-order valence-electron chi connectivity index (χ2n) is 10.3. The molecule has 3 nitrogen and oxygen atoms in total. The Hall–Kier alpha value is -2.65. The molecule has 36 heavy (non-hydrogen) atoms. The number of rotatable bonds is 11. The molecule has 0 saturated heterocycles.